The van der Waals surface area contributed by atoms with E-state index in [1.807, 2.05) is 33.2 Å². The third-order valence-corrected chi connectivity index (χ3v) is 13.8. The smallest absolute Gasteiger partial charge is 0.105 e. The topological polar surface area (TPSA) is 137 Å². The van der Waals surface area contributed by atoms with E-state index >= 15 is 0 Å². The van der Waals surface area contributed by atoms with E-state index < -0.39 is 0 Å². The maximum Gasteiger partial charge on any atom is 0.105 e. The lowest BCUT2D eigenvalue weighted by Crippen LogP contribution is -2.16. The number of aromatic amines is 2. The van der Waals surface area contributed by atoms with Crippen molar-refractivity contribution in [1.29, 1.82) is 0 Å². The van der Waals surface area contributed by atoms with Crippen LogP contribution in [-0.4, -0.2) is 77.9 Å². The number of hydrogen-bond acceptors (Lipinski definition) is 8. The number of nitrogens with zero attached hydrogens (tertiary/aromatic N) is 9. The SMILES string of the molecule is CC1=NC(C(C)(C)C)=CC1.CC1=NC(C(C)(C)C)=CC1.CC1=NCC(C(C)(C)C)=C1.CC1=NCC=C1C(C)(C)C.CC1=NCC=C1C(C)(C)C.Cc1cc(C(C)(C)C)n[nH]1.Cc1ncc(C(C)(C)C)[nH]1.Cc1ncc(C(C)(C)C)n1C. The minimum atomic E-state index is 0.171. The molecule has 0 saturated carbocycles. The summed E-state index contributed by atoms with van der Waals surface area (Å²) in [5.74, 6) is 2.07. The Balaban J connectivity index is 0.000000463. The van der Waals surface area contributed by atoms with Crippen LogP contribution >= 0.6 is 0 Å². The second-order valence-corrected chi connectivity index (χ2v) is 30.6. The molecule has 0 fully saturated rings. The summed E-state index contributed by atoms with van der Waals surface area (Å²) in [4.78, 5) is 33.4. The number of aromatic nitrogens is 6. The van der Waals surface area contributed by atoms with E-state index in [4.69, 9.17) is 0 Å². The van der Waals surface area contributed by atoms with Gasteiger partial charge in [0.2, 0.25) is 0 Å². The molecular weight excluding hydrogens is 995 g/mol. The first-order valence-corrected chi connectivity index (χ1v) is 29.6. The summed E-state index contributed by atoms with van der Waals surface area (Å²) in [5.41, 5.74) is 19.5. The van der Waals surface area contributed by atoms with Crippen LogP contribution < -0.4 is 0 Å². The zero-order valence-electron chi connectivity index (χ0n) is 58.2. The average Bonchev–Trinajstić information content (AvgIpc) is 4.13. The molecule has 0 amide bonds. The standard InChI is InChI=1S/C9H16N2.5C9H15N.2C8H14N2/c1-7-10-6-8(11(7)5)9(2,3)4;1-7-5-8(6-10-7)9(2,3)4;2*1-7-8(5-6-10-7)9(2,3)4;2*1-7-5-6-8(10-7)9(2,3)4;1-6-9-5-7(10-6)8(2,3)4;1-6-5-7(10-9-6)8(2,3)4/h6H,1-5H3;3*5H,6H2,1-4H3;2*6H,5H2,1-4H3;2*5H,1-4H3,(H,9,10). The number of imidazole rings is 2. The van der Waals surface area contributed by atoms with Crippen molar-refractivity contribution >= 4 is 28.6 Å². The molecule has 81 heavy (non-hydrogen) atoms. The van der Waals surface area contributed by atoms with Crippen LogP contribution in [-0.2, 0) is 23.3 Å². The Morgan fingerprint density at radius 1 is 0.469 bits per heavy atom. The lowest BCUT2D eigenvalue weighted by atomic mass is 9.84. The first-order valence-electron chi connectivity index (χ1n) is 29.6. The molecule has 2 N–H and O–H groups in total. The van der Waals surface area contributed by atoms with Gasteiger partial charge in [-0.25, -0.2) is 9.97 Å². The Morgan fingerprint density at radius 3 is 1.06 bits per heavy atom. The highest BCUT2D eigenvalue weighted by Gasteiger charge is 2.24. The zero-order chi connectivity index (χ0) is 63.1. The fourth-order valence-electron chi connectivity index (χ4n) is 8.55. The number of rotatable bonds is 0. The third kappa shape index (κ3) is 27.1. The summed E-state index contributed by atoms with van der Waals surface area (Å²) in [5, 5.41) is 7.09. The molecule has 5 aliphatic rings. The van der Waals surface area contributed by atoms with Gasteiger partial charge in [0.05, 0.1) is 25.3 Å². The van der Waals surface area contributed by atoms with Gasteiger partial charge < -0.3 is 9.55 Å². The Kier molecular flexibility index (Phi) is 27.1. The van der Waals surface area contributed by atoms with Crippen molar-refractivity contribution in [3.8, 4) is 0 Å². The van der Waals surface area contributed by atoms with E-state index in [2.05, 4.69) is 299 Å². The quantitative estimate of drug-likeness (QED) is 0.232. The second kappa shape index (κ2) is 29.8. The molecule has 0 bridgehead atoms. The fourth-order valence-corrected chi connectivity index (χ4v) is 8.55. The third-order valence-electron chi connectivity index (χ3n) is 13.8. The van der Waals surface area contributed by atoms with Crippen molar-refractivity contribution in [3.05, 3.63) is 111 Å². The summed E-state index contributed by atoms with van der Waals surface area (Å²) in [6, 6.07) is 2.08. The van der Waals surface area contributed by atoms with Gasteiger partial charge in [0.25, 0.3) is 0 Å². The Hall–Kier alpha value is -5.32. The van der Waals surface area contributed by atoms with E-state index in [0.29, 0.717) is 5.41 Å². The molecule has 0 radical (unpaired) electrons. The van der Waals surface area contributed by atoms with Crippen LogP contribution in [0.2, 0.25) is 0 Å². The van der Waals surface area contributed by atoms with Crippen LogP contribution in [0.3, 0.4) is 0 Å². The second-order valence-electron chi connectivity index (χ2n) is 30.6. The molecule has 0 aromatic carbocycles. The van der Waals surface area contributed by atoms with Crippen molar-refractivity contribution in [3.63, 3.8) is 0 Å². The lowest BCUT2D eigenvalue weighted by Gasteiger charge is -2.20. The van der Waals surface area contributed by atoms with E-state index in [9.17, 15) is 0 Å². The van der Waals surface area contributed by atoms with Gasteiger partial charge in [-0.15, -0.1) is 0 Å². The average molecular weight is 1110 g/mol. The van der Waals surface area contributed by atoms with Crippen molar-refractivity contribution in [2.24, 2.45) is 59.1 Å². The molecule has 5 aliphatic heterocycles. The molecule has 3 aromatic rings. The van der Waals surface area contributed by atoms with Crippen LogP contribution in [0.25, 0.3) is 0 Å². The highest BCUT2D eigenvalue weighted by atomic mass is 15.1. The molecular formula is C70H119N11. The Bertz CT molecular complexity index is 2660. The number of H-pyrrole nitrogens is 2. The van der Waals surface area contributed by atoms with Gasteiger partial charge in [-0.05, 0) is 100 Å². The minimum absolute atomic E-state index is 0.171. The number of aryl methyl sites for hydroxylation is 3. The zero-order valence-corrected chi connectivity index (χ0v) is 58.2. The maximum absolute atomic E-state index is 4.44. The summed E-state index contributed by atoms with van der Waals surface area (Å²) < 4.78 is 2.14. The molecule has 3 aromatic heterocycles. The van der Waals surface area contributed by atoms with Crippen LogP contribution in [0, 0.1) is 47.8 Å². The summed E-state index contributed by atoms with van der Waals surface area (Å²) in [6.45, 7) is 71.9. The Labute approximate surface area is 496 Å². The van der Waals surface area contributed by atoms with E-state index in [-0.39, 0.29) is 37.9 Å². The normalized spacial score (nSPS) is 16.2. The van der Waals surface area contributed by atoms with E-state index in [0.717, 1.165) is 55.5 Å². The highest BCUT2D eigenvalue weighted by molar-refractivity contribution is 6.01. The molecule has 454 valence electrons. The molecule has 11 nitrogen and oxygen atoms in total. The summed E-state index contributed by atoms with van der Waals surface area (Å²) in [7, 11) is 2.06. The largest absolute Gasteiger partial charge is 0.346 e. The monoisotopic (exact) mass is 1110 g/mol. The molecule has 0 atom stereocenters. The molecule has 0 aliphatic carbocycles. The van der Waals surface area contributed by atoms with Gasteiger partial charge in [0.1, 0.15) is 11.6 Å². The lowest BCUT2D eigenvalue weighted by molar-refractivity contribution is 0.499. The van der Waals surface area contributed by atoms with Gasteiger partial charge in [-0.3, -0.25) is 30.1 Å². The van der Waals surface area contributed by atoms with Gasteiger partial charge in [0.15, 0.2) is 0 Å². The van der Waals surface area contributed by atoms with Crippen LogP contribution in [0.1, 0.15) is 248 Å². The first-order chi connectivity index (χ1) is 36.5. The molecule has 0 unspecified atom stereocenters. The van der Waals surface area contributed by atoms with Crippen molar-refractivity contribution in [1.82, 2.24) is 29.7 Å². The first kappa shape index (κ1) is 73.7. The molecule has 8 rings (SSSR count). The number of hydrogen-bond donors (Lipinski definition) is 2. The van der Waals surface area contributed by atoms with Crippen molar-refractivity contribution in [2.45, 2.75) is 251 Å². The number of aliphatic imine (C=N–C) groups is 5. The highest BCUT2D eigenvalue weighted by Crippen LogP contribution is 2.33. The summed E-state index contributed by atoms with van der Waals surface area (Å²) >= 11 is 0. The van der Waals surface area contributed by atoms with Gasteiger partial charge in [0, 0.05) is 116 Å². The molecule has 0 saturated heterocycles. The van der Waals surface area contributed by atoms with Gasteiger partial charge >= 0.3 is 0 Å². The molecule has 8 heterocycles. The van der Waals surface area contributed by atoms with Crippen molar-refractivity contribution in [2.75, 3.05) is 19.6 Å². The predicted octanol–water partition coefficient (Wildman–Crippen LogP) is 18.9. The maximum atomic E-state index is 4.44. The minimum Gasteiger partial charge on any atom is -0.346 e. The molecule has 0 spiro atoms. The van der Waals surface area contributed by atoms with Gasteiger partial charge in [-0.2, -0.15) is 5.10 Å². The van der Waals surface area contributed by atoms with Gasteiger partial charge in [-0.1, -0.05) is 190 Å². The number of nitrogens with one attached hydrogen (secondary N) is 2. The van der Waals surface area contributed by atoms with Crippen LogP contribution in [0.5, 0.6) is 0 Å². The van der Waals surface area contributed by atoms with Crippen LogP contribution in [0.15, 0.2) is 102 Å². The van der Waals surface area contributed by atoms with E-state index in [1.165, 1.54) is 68.1 Å². The van der Waals surface area contributed by atoms with Crippen molar-refractivity contribution < 1.29 is 0 Å². The Morgan fingerprint density at radius 2 is 0.914 bits per heavy atom. The van der Waals surface area contributed by atoms with E-state index in [1.54, 1.807) is 0 Å². The van der Waals surface area contributed by atoms with Crippen LogP contribution in [0.4, 0.5) is 0 Å². The number of allylic oxidation sites excluding steroid dienone is 7. The molecule has 11 heteroatoms. The predicted molar refractivity (Wildman–Crippen MR) is 358 cm³/mol. The summed E-state index contributed by atoms with van der Waals surface area (Å²) in [6.07, 6.45) is 17.0. The fraction of sp³-hybridized carbons (Fsp3) is 0.657.